The summed E-state index contributed by atoms with van der Waals surface area (Å²) in [5, 5.41) is 1.78. The van der Waals surface area contributed by atoms with E-state index in [2.05, 4.69) is 12.6 Å². The van der Waals surface area contributed by atoms with Gasteiger partial charge in [-0.15, -0.1) is 0 Å². The number of hydrogen-bond donors (Lipinski definition) is 1. The van der Waals surface area contributed by atoms with Crippen molar-refractivity contribution in [3.63, 3.8) is 0 Å². The molecule has 0 saturated carbocycles. The summed E-state index contributed by atoms with van der Waals surface area (Å²) in [4.78, 5) is 0. The fourth-order valence-corrected chi connectivity index (χ4v) is 0.392. The van der Waals surface area contributed by atoms with Gasteiger partial charge >= 0.3 is 0 Å². The van der Waals surface area contributed by atoms with E-state index in [0.29, 0.717) is 0 Å². The first-order valence-electron chi connectivity index (χ1n) is 2.25. The third-order valence-corrected chi connectivity index (χ3v) is 1.04. The largest absolute Gasteiger partial charge is 0.151 e. The first kappa shape index (κ1) is 6.83. The second kappa shape index (κ2) is 4.00. The summed E-state index contributed by atoms with van der Waals surface area (Å²) in [7, 11) is 0. The molecule has 0 radical (unpaired) electrons. The molecule has 0 unspecified atom stereocenters. The molecule has 0 aromatic carbocycles. The Balaban J connectivity index is 3.58. The van der Waals surface area contributed by atoms with E-state index in [9.17, 15) is 0 Å². The van der Waals surface area contributed by atoms with Crippen LogP contribution in [0.3, 0.4) is 0 Å². The SMILES string of the molecule is C/C=C\C(C)=C/S. The zero-order valence-electron chi connectivity index (χ0n) is 4.68. The minimum Gasteiger partial charge on any atom is -0.151 e. The molecule has 0 fully saturated rings. The van der Waals surface area contributed by atoms with Gasteiger partial charge < -0.3 is 0 Å². The molecule has 0 bridgehead atoms. The monoisotopic (exact) mass is 114 g/mol. The molecule has 0 aromatic heterocycles. The fraction of sp³-hybridized carbons (Fsp3) is 0.333. The quantitative estimate of drug-likeness (QED) is 0.393. The summed E-state index contributed by atoms with van der Waals surface area (Å²) in [5.41, 5.74) is 1.19. The molecule has 0 spiro atoms. The molecular weight excluding hydrogens is 104 g/mol. The maximum atomic E-state index is 3.94. The third-order valence-electron chi connectivity index (χ3n) is 0.633. The molecule has 0 aliphatic rings. The van der Waals surface area contributed by atoms with Crippen LogP contribution in [-0.4, -0.2) is 0 Å². The molecule has 0 nitrogen and oxygen atoms in total. The summed E-state index contributed by atoms with van der Waals surface area (Å²) in [6, 6.07) is 0. The highest BCUT2D eigenvalue weighted by Gasteiger charge is 1.70. The molecular formula is C6H10S. The predicted molar refractivity (Wildman–Crippen MR) is 37.6 cm³/mol. The Morgan fingerprint density at radius 3 is 2.29 bits per heavy atom. The molecule has 0 heterocycles. The van der Waals surface area contributed by atoms with E-state index in [0.717, 1.165) is 0 Å². The highest BCUT2D eigenvalue weighted by atomic mass is 32.1. The lowest BCUT2D eigenvalue weighted by atomic mass is 10.3. The highest BCUT2D eigenvalue weighted by Crippen LogP contribution is 1.94. The van der Waals surface area contributed by atoms with Crippen LogP contribution in [0.25, 0.3) is 0 Å². The van der Waals surface area contributed by atoms with Crippen LogP contribution in [0.15, 0.2) is 23.1 Å². The van der Waals surface area contributed by atoms with Crippen LogP contribution in [0.2, 0.25) is 0 Å². The van der Waals surface area contributed by atoms with E-state index in [1.807, 2.05) is 26.0 Å². The third kappa shape index (κ3) is 3.67. The minimum absolute atomic E-state index is 1.19. The van der Waals surface area contributed by atoms with E-state index in [-0.39, 0.29) is 0 Å². The number of thiol groups is 1. The summed E-state index contributed by atoms with van der Waals surface area (Å²) in [6.45, 7) is 3.99. The van der Waals surface area contributed by atoms with Gasteiger partial charge in [-0.25, -0.2) is 0 Å². The standard InChI is InChI=1S/C6H10S/c1-3-4-6(2)5-7/h3-5,7H,1-2H3/b4-3-,6-5-. The van der Waals surface area contributed by atoms with Crippen LogP contribution in [-0.2, 0) is 0 Å². The van der Waals surface area contributed by atoms with E-state index in [1.165, 1.54) is 5.57 Å². The van der Waals surface area contributed by atoms with Crippen LogP contribution in [0.5, 0.6) is 0 Å². The smallest absolute Gasteiger partial charge is 0.0295 e. The molecule has 40 valence electrons. The number of allylic oxidation sites excluding steroid dienone is 3. The predicted octanol–water partition coefficient (Wildman–Crippen LogP) is 2.40. The topological polar surface area (TPSA) is 0 Å². The molecule has 7 heavy (non-hydrogen) atoms. The molecule has 0 atom stereocenters. The Kier molecular flexibility index (Phi) is 3.90. The number of rotatable bonds is 1. The van der Waals surface area contributed by atoms with E-state index in [1.54, 1.807) is 5.41 Å². The average Bonchev–Trinajstić information content (AvgIpc) is 1.68. The van der Waals surface area contributed by atoms with E-state index in [4.69, 9.17) is 0 Å². The molecule has 0 rings (SSSR count). The minimum atomic E-state index is 1.19. The summed E-state index contributed by atoms with van der Waals surface area (Å²) in [6.07, 6.45) is 4.00. The van der Waals surface area contributed by atoms with Crippen molar-refractivity contribution in [2.75, 3.05) is 0 Å². The Hall–Kier alpha value is -0.170. The van der Waals surface area contributed by atoms with Crippen molar-refractivity contribution in [2.45, 2.75) is 13.8 Å². The molecule has 0 aromatic rings. The maximum absolute atomic E-state index is 3.94. The molecule has 0 aliphatic heterocycles. The highest BCUT2D eigenvalue weighted by molar-refractivity contribution is 7.83. The Morgan fingerprint density at radius 1 is 1.57 bits per heavy atom. The lowest BCUT2D eigenvalue weighted by Gasteiger charge is -1.80. The van der Waals surface area contributed by atoms with Crippen LogP contribution in [0.4, 0.5) is 0 Å². The summed E-state index contributed by atoms with van der Waals surface area (Å²) in [5.74, 6) is 0. The lowest BCUT2D eigenvalue weighted by molar-refractivity contribution is 1.53. The van der Waals surface area contributed by atoms with Crippen molar-refractivity contribution in [3.8, 4) is 0 Å². The van der Waals surface area contributed by atoms with Crippen molar-refractivity contribution in [1.82, 2.24) is 0 Å². The molecule has 1 heteroatoms. The lowest BCUT2D eigenvalue weighted by Crippen LogP contribution is -1.58. The Morgan fingerprint density at radius 2 is 2.14 bits per heavy atom. The van der Waals surface area contributed by atoms with Gasteiger partial charge in [0.1, 0.15) is 0 Å². The van der Waals surface area contributed by atoms with Gasteiger partial charge in [0.25, 0.3) is 0 Å². The van der Waals surface area contributed by atoms with Gasteiger partial charge in [-0.3, -0.25) is 0 Å². The van der Waals surface area contributed by atoms with Gasteiger partial charge in [0.15, 0.2) is 0 Å². The van der Waals surface area contributed by atoms with Crippen molar-refractivity contribution in [2.24, 2.45) is 0 Å². The first-order valence-corrected chi connectivity index (χ1v) is 2.76. The fourth-order valence-electron chi connectivity index (χ4n) is 0.306. The van der Waals surface area contributed by atoms with Crippen LogP contribution in [0.1, 0.15) is 13.8 Å². The van der Waals surface area contributed by atoms with Gasteiger partial charge in [-0.05, 0) is 24.8 Å². The molecule has 0 amide bonds. The molecule has 0 N–H and O–H groups in total. The van der Waals surface area contributed by atoms with Gasteiger partial charge in [0.05, 0.1) is 0 Å². The average molecular weight is 114 g/mol. The summed E-state index contributed by atoms with van der Waals surface area (Å²) < 4.78 is 0. The van der Waals surface area contributed by atoms with E-state index >= 15 is 0 Å². The zero-order chi connectivity index (χ0) is 5.70. The normalized spacial score (nSPS) is 13.3. The van der Waals surface area contributed by atoms with Gasteiger partial charge in [-0.2, -0.15) is 12.6 Å². The van der Waals surface area contributed by atoms with Crippen molar-refractivity contribution in [3.05, 3.63) is 23.1 Å². The Bertz CT molecular complexity index is 90.4. The molecule has 0 saturated heterocycles. The van der Waals surface area contributed by atoms with Gasteiger partial charge in [-0.1, -0.05) is 12.2 Å². The van der Waals surface area contributed by atoms with Crippen LogP contribution >= 0.6 is 12.6 Å². The van der Waals surface area contributed by atoms with Crippen molar-refractivity contribution < 1.29 is 0 Å². The molecule has 0 aliphatic carbocycles. The van der Waals surface area contributed by atoms with Gasteiger partial charge in [0, 0.05) is 0 Å². The Labute approximate surface area is 50.3 Å². The maximum Gasteiger partial charge on any atom is -0.0295 e. The first-order chi connectivity index (χ1) is 3.31. The van der Waals surface area contributed by atoms with Crippen molar-refractivity contribution >= 4 is 12.6 Å². The van der Waals surface area contributed by atoms with Crippen LogP contribution < -0.4 is 0 Å². The second-order valence-corrected chi connectivity index (χ2v) is 1.63. The van der Waals surface area contributed by atoms with Gasteiger partial charge in [0.2, 0.25) is 0 Å². The van der Waals surface area contributed by atoms with Crippen molar-refractivity contribution in [1.29, 1.82) is 0 Å². The number of hydrogen-bond acceptors (Lipinski definition) is 1. The van der Waals surface area contributed by atoms with Crippen LogP contribution in [0, 0.1) is 0 Å². The second-order valence-electron chi connectivity index (χ2n) is 1.37. The van der Waals surface area contributed by atoms with E-state index < -0.39 is 0 Å². The summed E-state index contributed by atoms with van der Waals surface area (Å²) >= 11 is 3.94. The zero-order valence-corrected chi connectivity index (χ0v) is 5.57.